The van der Waals surface area contributed by atoms with Crippen LogP contribution in [0.2, 0.25) is 0 Å². The Labute approximate surface area is 212 Å². The van der Waals surface area contributed by atoms with Crippen LogP contribution in [-0.2, 0) is 0 Å². The van der Waals surface area contributed by atoms with Crippen molar-refractivity contribution in [3.8, 4) is 22.6 Å². The zero-order chi connectivity index (χ0) is 24.6. The highest BCUT2D eigenvalue weighted by molar-refractivity contribution is 9.10. The Morgan fingerprint density at radius 1 is 0.833 bits per heavy atom. The quantitative estimate of drug-likeness (QED) is 0.252. The van der Waals surface area contributed by atoms with Gasteiger partial charge in [-0.1, -0.05) is 30.3 Å². The van der Waals surface area contributed by atoms with Crippen LogP contribution in [0.25, 0.3) is 44.7 Å². The van der Waals surface area contributed by atoms with Gasteiger partial charge in [-0.05, 0) is 70.0 Å². The van der Waals surface area contributed by atoms with Gasteiger partial charge in [-0.3, -0.25) is 9.78 Å². The molecule has 6 aromatic rings. The molecule has 0 atom stereocenters. The third-order valence-corrected chi connectivity index (χ3v) is 6.13. The summed E-state index contributed by atoms with van der Waals surface area (Å²) in [6.07, 6.45) is 3.35. The number of rotatable bonds is 4. The molecule has 3 heterocycles. The number of pyridine rings is 1. The van der Waals surface area contributed by atoms with Crippen molar-refractivity contribution in [2.45, 2.75) is 0 Å². The van der Waals surface area contributed by atoms with Gasteiger partial charge in [-0.25, -0.2) is 9.78 Å². The Morgan fingerprint density at radius 3 is 2.50 bits per heavy atom. The average Bonchev–Trinajstić information content (AvgIpc) is 3.32. The van der Waals surface area contributed by atoms with Gasteiger partial charge < -0.3 is 14.2 Å². The predicted molar refractivity (Wildman–Crippen MR) is 141 cm³/mol. The second-order valence-electron chi connectivity index (χ2n) is 8.11. The second-order valence-corrected chi connectivity index (χ2v) is 9.03. The van der Waals surface area contributed by atoms with Crippen LogP contribution in [0, 0.1) is 0 Å². The molecule has 6 rings (SSSR count). The van der Waals surface area contributed by atoms with Crippen molar-refractivity contribution in [3.63, 3.8) is 0 Å². The van der Waals surface area contributed by atoms with Crippen LogP contribution >= 0.6 is 15.9 Å². The summed E-state index contributed by atoms with van der Waals surface area (Å²) in [5.41, 5.74) is 4.20. The highest BCUT2D eigenvalue weighted by atomic mass is 79.9. The summed E-state index contributed by atoms with van der Waals surface area (Å²) < 4.78 is 12.1. The fourth-order valence-electron chi connectivity index (χ4n) is 3.93. The maximum atomic E-state index is 12.9. The normalized spacial score (nSPS) is 11.1. The van der Waals surface area contributed by atoms with Gasteiger partial charge >= 0.3 is 5.63 Å². The molecule has 174 valence electrons. The number of fused-ring (bicyclic) bond motifs is 2. The molecule has 0 saturated heterocycles. The van der Waals surface area contributed by atoms with E-state index in [1.807, 2.05) is 24.3 Å². The third kappa shape index (κ3) is 4.18. The van der Waals surface area contributed by atoms with Crippen LogP contribution in [0.3, 0.4) is 0 Å². The predicted octanol–water partition coefficient (Wildman–Crippen LogP) is 6.68. The lowest BCUT2D eigenvalue weighted by molar-refractivity contribution is 0.102. The van der Waals surface area contributed by atoms with E-state index in [9.17, 15) is 9.59 Å². The molecule has 0 bridgehead atoms. The Hall–Kier alpha value is -4.56. The first-order valence-corrected chi connectivity index (χ1v) is 11.8. The van der Waals surface area contributed by atoms with Crippen molar-refractivity contribution in [2.75, 3.05) is 5.32 Å². The lowest BCUT2D eigenvalue weighted by Crippen LogP contribution is -2.11. The number of amides is 1. The topological polar surface area (TPSA) is 98.2 Å². The highest BCUT2D eigenvalue weighted by Gasteiger charge is 2.13. The van der Waals surface area contributed by atoms with Crippen LogP contribution in [0.1, 0.15) is 10.4 Å². The summed E-state index contributed by atoms with van der Waals surface area (Å²) in [5, 5.41) is 3.71. The number of anilines is 1. The highest BCUT2D eigenvalue weighted by Crippen LogP contribution is 2.28. The van der Waals surface area contributed by atoms with Crippen molar-refractivity contribution in [2.24, 2.45) is 0 Å². The minimum atomic E-state index is -0.426. The minimum Gasteiger partial charge on any atom is -0.436 e. The van der Waals surface area contributed by atoms with Crippen LogP contribution in [0.5, 0.6) is 0 Å². The summed E-state index contributed by atoms with van der Waals surface area (Å²) in [6, 6.07) is 23.1. The molecule has 0 aliphatic carbocycles. The molecular weight excluding hydrogens is 522 g/mol. The maximum Gasteiger partial charge on any atom is 0.344 e. The number of hydrogen-bond donors (Lipinski definition) is 1. The van der Waals surface area contributed by atoms with E-state index in [1.165, 1.54) is 0 Å². The number of para-hydroxylation sites is 1. The Morgan fingerprint density at radius 2 is 1.67 bits per heavy atom. The van der Waals surface area contributed by atoms with Gasteiger partial charge in [0.2, 0.25) is 5.89 Å². The van der Waals surface area contributed by atoms with E-state index in [0.717, 1.165) is 15.4 Å². The number of benzene rings is 3. The van der Waals surface area contributed by atoms with Gasteiger partial charge in [-0.15, -0.1) is 0 Å². The summed E-state index contributed by atoms with van der Waals surface area (Å²) in [5.74, 6) is 0.155. The monoisotopic (exact) mass is 537 g/mol. The Bertz CT molecular complexity index is 1820. The molecule has 7 nitrogen and oxygen atoms in total. The van der Waals surface area contributed by atoms with Crippen LogP contribution in [0.15, 0.2) is 109 Å². The fraction of sp³-hybridized carbons (Fsp3) is 0. The molecule has 3 aromatic carbocycles. The average molecular weight is 538 g/mol. The molecule has 1 amide bonds. The number of hydrogen-bond acceptors (Lipinski definition) is 6. The number of carbonyl (C=O) groups excluding carboxylic acids is 1. The van der Waals surface area contributed by atoms with E-state index in [2.05, 4.69) is 31.2 Å². The standard InChI is InChI=1S/C28H16BrN3O4/c29-20-11-19(14-30-15-20)27-32-23-13-21(9-10-25(23)35-27)31-26(33)17-7-5-16(6-8-17)22-12-18-3-1-2-4-24(18)36-28(22)34/h1-15H,(H,31,33). The molecule has 1 N–H and O–H groups in total. The molecule has 0 fully saturated rings. The molecule has 0 spiro atoms. The lowest BCUT2D eigenvalue weighted by atomic mass is 10.0. The number of nitrogens with zero attached hydrogens (tertiary/aromatic N) is 2. The van der Waals surface area contributed by atoms with Crippen LogP contribution in [-0.4, -0.2) is 15.9 Å². The van der Waals surface area contributed by atoms with Crippen molar-refractivity contribution >= 4 is 49.6 Å². The molecule has 0 saturated carbocycles. The van der Waals surface area contributed by atoms with Crippen LogP contribution in [0.4, 0.5) is 5.69 Å². The van der Waals surface area contributed by atoms with Gasteiger partial charge in [0, 0.05) is 33.5 Å². The van der Waals surface area contributed by atoms with E-state index < -0.39 is 5.63 Å². The Balaban J connectivity index is 1.23. The van der Waals surface area contributed by atoms with E-state index in [1.54, 1.807) is 67.0 Å². The summed E-state index contributed by atoms with van der Waals surface area (Å²) in [7, 11) is 0. The van der Waals surface area contributed by atoms with Crippen molar-refractivity contribution in [1.29, 1.82) is 0 Å². The van der Waals surface area contributed by atoms with Gasteiger partial charge in [0.05, 0.1) is 11.1 Å². The first kappa shape index (κ1) is 21.9. The SMILES string of the molecule is O=C(Nc1ccc2oc(-c3cncc(Br)c3)nc2c1)c1ccc(-c2cc3ccccc3oc2=O)cc1. The van der Waals surface area contributed by atoms with Gasteiger partial charge in [0.15, 0.2) is 5.58 Å². The Kier molecular flexibility index (Phi) is 5.42. The molecule has 36 heavy (non-hydrogen) atoms. The molecular formula is C28H16BrN3O4. The summed E-state index contributed by atoms with van der Waals surface area (Å²) in [4.78, 5) is 34.0. The number of carbonyl (C=O) groups is 1. The smallest absolute Gasteiger partial charge is 0.344 e. The molecule has 0 aliphatic heterocycles. The largest absolute Gasteiger partial charge is 0.436 e. The molecule has 8 heteroatoms. The summed E-state index contributed by atoms with van der Waals surface area (Å²) >= 11 is 3.40. The van der Waals surface area contributed by atoms with Crippen molar-refractivity contribution < 1.29 is 13.6 Å². The number of oxazole rings is 1. The van der Waals surface area contributed by atoms with Crippen LogP contribution < -0.4 is 10.9 Å². The molecule has 0 unspecified atom stereocenters. The maximum absolute atomic E-state index is 12.9. The van der Waals surface area contributed by atoms with Gasteiger partial charge in [0.25, 0.3) is 5.91 Å². The third-order valence-electron chi connectivity index (χ3n) is 5.70. The number of aromatic nitrogens is 2. The minimum absolute atomic E-state index is 0.286. The molecule has 3 aromatic heterocycles. The number of halogens is 1. The van der Waals surface area contributed by atoms with Crippen molar-refractivity contribution in [3.05, 3.63) is 112 Å². The zero-order valence-electron chi connectivity index (χ0n) is 18.6. The van der Waals surface area contributed by atoms with E-state index in [4.69, 9.17) is 8.83 Å². The molecule has 0 aliphatic rings. The first-order chi connectivity index (χ1) is 17.5. The second kappa shape index (κ2) is 8.90. The first-order valence-electron chi connectivity index (χ1n) is 11.0. The van der Waals surface area contributed by atoms with Gasteiger partial charge in [0.1, 0.15) is 11.1 Å². The van der Waals surface area contributed by atoms with E-state index >= 15 is 0 Å². The molecule has 0 radical (unpaired) electrons. The lowest BCUT2D eigenvalue weighted by Gasteiger charge is -2.07. The summed E-state index contributed by atoms with van der Waals surface area (Å²) in [6.45, 7) is 0. The zero-order valence-corrected chi connectivity index (χ0v) is 20.2. The van der Waals surface area contributed by atoms with E-state index in [0.29, 0.717) is 45.0 Å². The number of nitrogens with one attached hydrogen (secondary N) is 1. The van der Waals surface area contributed by atoms with Gasteiger partial charge in [-0.2, -0.15) is 0 Å². The van der Waals surface area contributed by atoms with Crippen molar-refractivity contribution in [1.82, 2.24) is 9.97 Å². The fourth-order valence-corrected chi connectivity index (χ4v) is 4.29. The van der Waals surface area contributed by atoms with E-state index in [-0.39, 0.29) is 5.91 Å².